The highest BCUT2D eigenvalue weighted by Gasteiger charge is 2.11. The van der Waals surface area contributed by atoms with Crippen LogP contribution >= 0.6 is 0 Å². The molecule has 0 aliphatic carbocycles. The molecule has 0 radical (unpaired) electrons. The van der Waals surface area contributed by atoms with E-state index in [0.29, 0.717) is 11.3 Å². The number of anilines is 1. The Labute approximate surface area is 140 Å². The van der Waals surface area contributed by atoms with E-state index in [-0.39, 0.29) is 17.6 Å². The van der Waals surface area contributed by atoms with Crippen LogP contribution in [0.5, 0.6) is 0 Å². The van der Waals surface area contributed by atoms with Crippen molar-refractivity contribution < 1.29 is 14.0 Å². The summed E-state index contributed by atoms with van der Waals surface area (Å²) in [5.74, 6) is -0.792. The molecule has 0 aromatic heterocycles. The molecule has 1 unspecified atom stereocenters. The van der Waals surface area contributed by atoms with Gasteiger partial charge in [0.05, 0.1) is 6.04 Å². The zero-order valence-electron chi connectivity index (χ0n) is 13.5. The molecule has 1 atom stereocenters. The molecule has 5 heteroatoms. The standard InChI is InChI=1S/C19H19FN2O2/c1-13(17-5-3-4-6-18(17)20)21-19(24)12-9-15-7-10-16(11-8-15)22-14(2)23/h3-13H,1-2H3,(H,21,24)(H,22,23)/b12-9+. The molecule has 0 saturated carbocycles. The smallest absolute Gasteiger partial charge is 0.244 e. The summed E-state index contributed by atoms with van der Waals surface area (Å²) >= 11 is 0. The fourth-order valence-electron chi connectivity index (χ4n) is 2.22. The number of carbonyl (C=O) groups excluding carboxylic acids is 2. The molecule has 0 heterocycles. The topological polar surface area (TPSA) is 58.2 Å². The van der Waals surface area contributed by atoms with E-state index in [0.717, 1.165) is 5.56 Å². The number of halogens is 1. The average molecular weight is 326 g/mol. The normalized spacial score (nSPS) is 12.0. The lowest BCUT2D eigenvalue weighted by molar-refractivity contribution is -0.117. The van der Waals surface area contributed by atoms with Crippen LogP contribution in [0.1, 0.15) is 31.0 Å². The van der Waals surface area contributed by atoms with Crippen LogP contribution in [0.3, 0.4) is 0 Å². The van der Waals surface area contributed by atoms with E-state index in [1.54, 1.807) is 55.5 Å². The van der Waals surface area contributed by atoms with Crippen LogP contribution in [-0.4, -0.2) is 11.8 Å². The molecule has 2 N–H and O–H groups in total. The molecule has 0 aliphatic rings. The summed E-state index contributed by atoms with van der Waals surface area (Å²) in [4.78, 5) is 22.9. The zero-order chi connectivity index (χ0) is 17.5. The van der Waals surface area contributed by atoms with E-state index < -0.39 is 6.04 Å². The number of nitrogens with one attached hydrogen (secondary N) is 2. The number of rotatable bonds is 5. The van der Waals surface area contributed by atoms with Crippen LogP contribution in [0.4, 0.5) is 10.1 Å². The third-order valence-electron chi connectivity index (χ3n) is 3.39. The minimum atomic E-state index is -0.425. The van der Waals surface area contributed by atoms with E-state index in [4.69, 9.17) is 0 Å². The van der Waals surface area contributed by atoms with Crippen molar-refractivity contribution in [1.29, 1.82) is 0 Å². The summed E-state index contributed by atoms with van der Waals surface area (Å²) in [6.07, 6.45) is 3.05. The third kappa shape index (κ3) is 5.05. The van der Waals surface area contributed by atoms with Crippen LogP contribution in [0.25, 0.3) is 6.08 Å². The second-order valence-corrected chi connectivity index (χ2v) is 5.39. The van der Waals surface area contributed by atoms with Crippen LogP contribution in [0.15, 0.2) is 54.6 Å². The van der Waals surface area contributed by atoms with Gasteiger partial charge in [-0.2, -0.15) is 0 Å². The lowest BCUT2D eigenvalue weighted by Gasteiger charge is -2.13. The quantitative estimate of drug-likeness (QED) is 0.824. The first-order valence-corrected chi connectivity index (χ1v) is 7.56. The molecule has 124 valence electrons. The van der Waals surface area contributed by atoms with Crippen LogP contribution < -0.4 is 10.6 Å². The molecule has 0 fully saturated rings. The highest BCUT2D eigenvalue weighted by Crippen LogP contribution is 2.16. The SMILES string of the molecule is CC(=O)Nc1ccc(/C=C/C(=O)NC(C)c2ccccc2F)cc1. The Balaban J connectivity index is 1.95. The lowest BCUT2D eigenvalue weighted by Crippen LogP contribution is -2.25. The van der Waals surface area contributed by atoms with Crippen molar-refractivity contribution in [1.82, 2.24) is 5.32 Å². The summed E-state index contributed by atoms with van der Waals surface area (Å²) in [6, 6.07) is 13.0. The fraction of sp³-hybridized carbons (Fsp3) is 0.158. The molecular weight excluding hydrogens is 307 g/mol. The Morgan fingerprint density at radius 2 is 1.75 bits per heavy atom. The molecule has 2 aromatic rings. The van der Waals surface area contributed by atoms with Crippen molar-refractivity contribution in [3.63, 3.8) is 0 Å². The summed E-state index contributed by atoms with van der Waals surface area (Å²) in [7, 11) is 0. The van der Waals surface area contributed by atoms with Gasteiger partial charge in [-0.25, -0.2) is 4.39 Å². The van der Waals surface area contributed by atoms with E-state index in [1.165, 1.54) is 19.1 Å². The van der Waals surface area contributed by atoms with E-state index in [9.17, 15) is 14.0 Å². The van der Waals surface area contributed by atoms with Gasteiger partial charge in [0.2, 0.25) is 11.8 Å². The molecule has 24 heavy (non-hydrogen) atoms. The van der Waals surface area contributed by atoms with Gasteiger partial charge in [-0.05, 0) is 36.8 Å². The van der Waals surface area contributed by atoms with Gasteiger partial charge in [0.25, 0.3) is 0 Å². The molecule has 4 nitrogen and oxygen atoms in total. The number of carbonyl (C=O) groups is 2. The largest absolute Gasteiger partial charge is 0.346 e. The monoisotopic (exact) mass is 326 g/mol. The highest BCUT2D eigenvalue weighted by atomic mass is 19.1. The van der Waals surface area contributed by atoms with Crippen molar-refractivity contribution in [3.05, 3.63) is 71.6 Å². The Kier molecular flexibility index (Phi) is 5.84. The van der Waals surface area contributed by atoms with Gasteiger partial charge in [0.1, 0.15) is 5.82 Å². The molecule has 0 saturated heterocycles. The van der Waals surface area contributed by atoms with Crippen molar-refractivity contribution >= 4 is 23.6 Å². The molecule has 0 spiro atoms. The van der Waals surface area contributed by atoms with Gasteiger partial charge in [-0.1, -0.05) is 30.3 Å². The fourth-order valence-corrected chi connectivity index (χ4v) is 2.22. The first kappa shape index (κ1) is 17.4. The Morgan fingerprint density at radius 3 is 2.38 bits per heavy atom. The molecule has 0 aliphatic heterocycles. The summed E-state index contributed by atoms with van der Waals surface area (Å²) < 4.78 is 13.7. The summed E-state index contributed by atoms with van der Waals surface area (Å²) in [5.41, 5.74) is 1.95. The second-order valence-electron chi connectivity index (χ2n) is 5.39. The Bertz CT molecular complexity index is 754. The maximum atomic E-state index is 13.7. The Hall–Kier alpha value is -2.95. The predicted molar refractivity (Wildman–Crippen MR) is 92.7 cm³/mol. The van der Waals surface area contributed by atoms with Gasteiger partial charge < -0.3 is 10.6 Å². The zero-order valence-corrected chi connectivity index (χ0v) is 13.5. The molecule has 0 bridgehead atoms. The van der Waals surface area contributed by atoms with Crippen molar-refractivity contribution in [3.8, 4) is 0 Å². The minimum absolute atomic E-state index is 0.139. The van der Waals surface area contributed by atoms with Crippen molar-refractivity contribution in [2.24, 2.45) is 0 Å². The number of benzene rings is 2. The third-order valence-corrected chi connectivity index (χ3v) is 3.39. The van der Waals surface area contributed by atoms with Gasteiger partial charge in [-0.15, -0.1) is 0 Å². The second kappa shape index (κ2) is 8.06. The van der Waals surface area contributed by atoms with Gasteiger partial charge in [0, 0.05) is 24.3 Å². The van der Waals surface area contributed by atoms with E-state index in [2.05, 4.69) is 10.6 Å². The van der Waals surface area contributed by atoms with Crippen LogP contribution in [0.2, 0.25) is 0 Å². The number of amides is 2. The number of hydrogen-bond acceptors (Lipinski definition) is 2. The molecule has 2 aromatic carbocycles. The van der Waals surface area contributed by atoms with Crippen molar-refractivity contribution in [2.75, 3.05) is 5.32 Å². The summed E-state index contributed by atoms with van der Waals surface area (Å²) in [6.45, 7) is 3.17. The maximum absolute atomic E-state index is 13.7. The van der Waals surface area contributed by atoms with Gasteiger partial charge in [-0.3, -0.25) is 9.59 Å². The molecule has 2 amide bonds. The van der Waals surface area contributed by atoms with E-state index >= 15 is 0 Å². The van der Waals surface area contributed by atoms with Crippen molar-refractivity contribution in [2.45, 2.75) is 19.9 Å². The van der Waals surface area contributed by atoms with Gasteiger partial charge in [0.15, 0.2) is 0 Å². The van der Waals surface area contributed by atoms with Gasteiger partial charge >= 0.3 is 0 Å². The predicted octanol–water partition coefficient (Wildman–Crippen LogP) is 3.67. The first-order valence-electron chi connectivity index (χ1n) is 7.56. The Morgan fingerprint density at radius 1 is 1.08 bits per heavy atom. The minimum Gasteiger partial charge on any atom is -0.346 e. The van der Waals surface area contributed by atoms with Crippen LogP contribution in [0, 0.1) is 5.82 Å². The van der Waals surface area contributed by atoms with Crippen LogP contribution in [-0.2, 0) is 9.59 Å². The number of hydrogen-bond donors (Lipinski definition) is 2. The first-order chi connectivity index (χ1) is 11.5. The maximum Gasteiger partial charge on any atom is 0.244 e. The summed E-state index contributed by atoms with van der Waals surface area (Å²) in [5, 5.41) is 5.39. The molecule has 2 rings (SSSR count). The highest BCUT2D eigenvalue weighted by molar-refractivity contribution is 5.92. The van der Waals surface area contributed by atoms with E-state index in [1.807, 2.05) is 0 Å². The molecular formula is C19H19FN2O2. The lowest BCUT2D eigenvalue weighted by atomic mass is 10.1. The average Bonchev–Trinajstić information content (AvgIpc) is 2.54.